The largest absolute Gasteiger partial charge is 0.354 e. The zero-order valence-corrected chi connectivity index (χ0v) is 11.0. The second kappa shape index (κ2) is 5.00. The Labute approximate surface area is 103 Å². The average molecular weight is 234 g/mol. The van der Waals surface area contributed by atoms with Crippen LogP contribution < -0.4 is 5.32 Å². The van der Waals surface area contributed by atoms with E-state index in [9.17, 15) is 0 Å². The molecule has 0 aliphatic carbocycles. The molecule has 4 heteroatoms. The number of hydrogen-bond donors (Lipinski definition) is 1. The Hall–Kier alpha value is -1.16. The average Bonchev–Trinajstić information content (AvgIpc) is 2.33. The van der Waals surface area contributed by atoms with Crippen molar-refractivity contribution in [2.24, 2.45) is 5.41 Å². The van der Waals surface area contributed by atoms with E-state index in [4.69, 9.17) is 0 Å². The summed E-state index contributed by atoms with van der Waals surface area (Å²) in [5.41, 5.74) is 1.47. The molecule has 1 aliphatic rings. The predicted octanol–water partition coefficient (Wildman–Crippen LogP) is 1.93. The van der Waals surface area contributed by atoms with Gasteiger partial charge in [-0.05, 0) is 50.9 Å². The van der Waals surface area contributed by atoms with Crippen LogP contribution in [-0.2, 0) is 0 Å². The van der Waals surface area contributed by atoms with E-state index in [0.717, 1.165) is 18.1 Å². The normalized spacial score (nSPS) is 20.2. The maximum Gasteiger partial charge on any atom is 0.222 e. The summed E-state index contributed by atoms with van der Waals surface area (Å²) >= 11 is 0. The van der Waals surface area contributed by atoms with Gasteiger partial charge in [-0.15, -0.1) is 0 Å². The Morgan fingerprint density at radius 3 is 2.47 bits per heavy atom. The fourth-order valence-electron chi connectivity index (χ4n) is 2.11. The number of aromatic nitrogens is 2. The minimum Gasteiger partial charge on any atom is -0.354 e. The zero-order valence-electron chi connectivity index (χ0n) is 11.0. The van der Waals surface area contributed by atoms with Crippen molar-refractivity contribution in [1.82, 2.24) is 14.9 Å². The molecule has 2 rings (SSSR count). The van der Waals surface area contributed by atoms with Crippen molar-refractivity contribution < 1.29 is 0 Å². The number of hydrogen-bond acceptors (Lipinski definition) is 4. The lowest BCUT2D eigenvalue weighted by atomic mass is 9.80. The van der Waals surface area contributed by atoms with Gasteiger partial charge in [0.2, 0.25) is 5.95 Å². The van der Waals surface area contributed by atoms with Gasteiger partial charge in [0.05, 0.1) is 0 Å². The second-order valence-electron chi connectivity index (χ2n) is 5.55. The van der Waals surface area contributed by atoms with Crippen LogP contribution in [0.5, 0.6) is 0 Å². The lowest BCUT2D eigenvalue weighted by Gasteiger charge is -2.37. The monoisotopic (exact) mass is 234 g/mol. The van der Waals surface area contributed by atoms with Crippen molar-refractivity contribution in [1.29, 1.82) is 0 Å². The minimum atomic E-state index is 0.376. The van der Waals surface area contributed by atoms with Crippen LogP contribution in [0.25, 0.3) is 0 Å². The molecule has 0 radical (unpaired) electrons. The number of rotatable bonds is 3. The maximum atomic E-state index is 4.28. The van der Waals surface area contributed by atoms with Gasteiger partial charge in [0.25, 0.3) is 0 Å². The molecule has 4 nitrogen and oxygen atoms in total. The zero-order chi connectivity index (χ0) is 12.3. The summed E-state index contributed by atoms with van der Waals surface area (Å²) in [5, 5.41) is 3.36. The molecule has 0 spiro atoms. The Morgan fingerprint density at radius 1 is 1.29 bits per heavy atom. The lowest BCUT2D eigenvalue weighted by Crippen LogP contribution is -2.40. The van der Waals surface area contributed by atoms with E-state index in [1.165, 1.54) is 25.9 Å². The van der Waals surface area contributed by atoms with Gasteiger partial charge in [0, 0.05) is 18.9 Å². The van der Waals surface area contributed by atoms with E-state index < -0.39 is 0 Å². The summed E-state index contributed by atoms with van der Waals surface area (Å²) < 4.78 is 0. The summed E-state index contributed by atoms with van der Waals surface area (Å²) in [4.78, 5) is 10.9. The number of nitrogens with zero attached hydrogens (tertiary/aromatic N) is 3. The van der Waals surface area contributed by atoms with Gasteiger partial charge in [-0.25, -0.2) is 9.97 Å². The molecule has 0 atom stereocenters. The van der Waals surface area contributed by atoms with E-state index in [2.05, 4.69) is 34.2 Å². The first-order valence-corrected chi connectivity index (χ1v) is 6.28. The molecule has 1 N–H and O–H groups in total. The van der Waals surface area contributed by atoms with Crippen LogP contribution >= 0.6 is 0 Å². The van der Waals surface area contributed by atoms with Crippen molar-refractivity contribution in [3.8, 4) is 0 Å². The van der Waals surface area contributed by atoms with Gasteiger partial charge < -0.3 is 10.2 Å². The Bertz CT molecular complexity index is 352. The summed E-state index contributed by atoms with van der Waals surface area (Å²) in [6.45, 7) is 7.69. The molecule has 1 aliphatic heterocycles. The Balaban J connectivity index is 1.87. The molecule has 0 saturated carbocycles. The highest BCUT2D eigenvalue weighted by molar-refractivity contribution is 5.24. The quantitative estimate of drug-likeness (QED) is 0.867. The molecular weight excluding hydrogens is 212 g/mol. The fraction of sp³-hybridized carbons (Fsp3) is 0.692. The number of likely N-dealkylation sites (tertiary alicyclic amines) is 1. The molecule has 2 heterocycles. The number of piperidine rings is 1. The molecule has 94 valence electrons. The highest BCUT2D eigenvalue weighted by Crippen LogP contribution is 2.30. The van der Waals surface area contributed by atoms with Crippen LogP contribution in [-0.4, -0.2) is 41.5 Å². The first-order chi connectivity index (χ1) is 8.07. The highest BCUT2D eigenvalue weighted by Gasteiger charge is 2.28. The Kier molecular flexibility index (Phi) is 3.62. The third-order valence-corrected chi connectivity index (χ3v) is 3.65. The maximum absolute atomic E-state index is 4.28. The van der Waals surface area contributed by atoms with Gasteiger partial charge in [-0.1, -0.05) is 6.92 Å². The molecule has 1 saturated heterocycles. The third-order valence-electron chi connectivity index (χ3n) is 3.65. The van der Waals surface area contributed by atoms with Crippen LogP contribution in [0, 0.1) is 12.3 Å². The standard InChI is InChI=1S/C13H22N4/c1-11-8-14-12(15-9-11)16-10-13(2)4-6-17(3)7-5-13/h8-9H,4-7,10H2,1-3H3,(H,14,15,16). The molecule has 0 amide bonds. The van der Waals surface area contributed by atoms with Crippen molar-refractivity contribution in [3.05, 3.63) is 18.0 Å². The number of nitrogens with one attached hydrogen (secondary N) is 1. The van der Waals surface area contributed by atoms with Crippen LogP contribution in [0.2, 0.25) is 0 Å². The van der Waals surface area contributed by atoms with E-state index >= 15 is 0 Å². The molecule has 0 aromatic carbocycles. The van der Waals surface area contributed by atoms with Gasteiger partial charge >= 0.3 is 0 Å². The minimum absolute atomic E-state index is 0.376. The third kappa shape index (κ3) is 3.40. The number of aryl methyl sites for hydroxylation is 1. The van der Waals surface area contributed by atoms with E-state index in [1.54, 1.807) is 0 Å². The first-order valence-electron chi connectivity index (χ1n) is 6.28. The van der Waals surface area contributed by atoms with Gasteiger partial charge in [0.15, 0.2) is 0 Å². The number of anilines is 1. The van der Waals surface area contributed by atoms with Crippen molar-refractivity contribution in [2.75, 3.05) is 32.0 Å². The van der Waals surface area contributed by atoms with Crippen LogP contribution in [0.15, 0.2) is 12.4 Å². The predicted molar refractivity (Wildman–Crippen MR) is 70.1 cm³/mol. The molecular formula is C13H22N4. The second-order valence-corrected chi connectivity index (χ2v) is 5.55. The lowest BCUT2D eigenvalue weighted by molar-refractivity contribution is 0.150. The smallest absolute Gasteiger partial charge is 0.222 e. The fourth-order valence-corrected chi connectivity index (χ4v) is 2.11. The highest BCUT2D eigenvalue weighted by atomic mass is 15.1. The summed E-state index contributed by atoms with van der Waals surface area (Å²) in [5.74, 6) is 0.746. The summed E-state index contributed by atoms with van der Waals surface area (Å²) in [6, 6.07) is 0. The molecule has 1 aromatic rings. The molecule has 1 fully saturated rings. The summed E-state index contributed by atoms with van der Waals surface area (Å²) in [6.07, 6.45) is 6.18. The molecule has 0 bridgehead atoms. The van der Waals surface area contributed by atoms with Crippen molar-refractivity contribution >= 4 is 5.95 Å². The molecule has 17 heavy (non-hydrogen) atoms. The van der Waals surface area contributed by atoms with Gasteiger partial charge in [0.1, 0.15) is 0 Å². The van der Waals surface area contributed by atoms with Gasteiger partial charge in [-0.2, -0.15) is 0 Å². The SMILES string of the molecule is Cc1cnc(NCC2(C)CCN(C)CC2)nc1. The van der Waals surface area contributed by atoms with E-state index in [-0.39, 0.29) is 0 Å². The molecule has 0 unspecified atom stereocenters. The van der Waals surface area contributed by atoms with E-state index in [0.29, 0.717) is 5.41 Å². The van der Waals surface area contributed by atoms with Crippen LogP contribution in [0.1, 0.15) is 25.3 Å². The van der Waals surface area contributed by atoms with E-state index in [1.807, 2.05) is 19.3 Å². The van der Waals surface area contributed by atoms with Crippen molar-refractivity contribution in [3.63, 3.8) is 0 Å². The summed E-state index contributed by atoms with van der Waals surface area (Å²) in [7, 11) is 2.19. The first kappa shape index (κ1) is 12.3. The molecule has 1 aromatic heterocycles. The Morgan fingerprint density at radius 2 is 1.88 bits per heavy atom. The van der Waals surface area contributed by atoms with Crippen LogP contribution in [0.3, 0.4) is 0 Å². The van der Waals surface area contributed by atoms with Crippen molar-refractivity contribution in [2.45, 2.75) is 26.7 Å². The van der Waals surface area contributed by atoms with Crippen LogP contribution in [0.4, 0.5) is 5.95 Å². The van der Waals surface area contributed by atoms with Gasteiger partial charge in [-0.3, -0.25) is 0 Å². The topological polar surface area (TPSA) is 41.1 Å².